The highest BCUT2D eigenvalue weighted by Gasteiger charge is 2.23. The second-order valence-electron chi connectivity index (χ2n) is 7.55. The highest BCUT2D eigenvalue weighted by Crippen LogP contribution is 2.37. The first-order valence-electron chi connectivity index (χ1n) is 10.8. The number of carboxylic acids is 1. The molecule has 7 heteroatoms. The Morgan fingerprint density at radius 3 is 2.26 bits per heavy atom. The van der Waals surface area contributed by atoms with Gasteiger partial charge in [0, 0.05) is 28.4 Å². The Balaban J connectivity index is 1.79. The highest BCUT2D eigenvalue weighted by molar-refractivity contribution is 8.00. The van der Waals surface area contributed by atoms with Crippen LogP contribution in [0.15, 0.2) is 89.8 Å². The summed E-state index contributed by atoms with van der Waals surface area (Å²) in [5, 5.41) is 13.9. The largest absolute Gasteiger partial charge is 0.478 e. The van der Waals surface area contributed by atoms with Gasteiger partial charge in [-0.15, -0.1) is 11.8 Å². The van der Waals surface area contributed by atoms with E-state index in [4.69, 9.17) is 5.11 Å². The molecule has 1 atom stereocenters. The molecule has 34 heavy (non-hydrogen) atoms. The zero-order chi connectivity index (χ0) is 24.5. The molecule has 3 aromatic rings. The number of benzene rings is 3. The monoisotopic (exact) mass is 474 g/mol. The number of aryl methyl sites for hydroxylation is 2. The van der Waals surface area contributed by atoms with Gasteiger partial charge < -0.3 is 15.7 Å². The highest BCUT2D eigenvalue weighted by atomic mass is 32.2. The average Bonchev–Trinajstić information content (AvgIpc) is 2.84. The number of carbonyl (C=O) groups excluding carboxylic acids is 2. The van der Waals surface area contributed by atoms with Gasteiger partial charge >= 0.3 is 5.97 Å². The molecule has 0 aromatic heterocycles. The minimum atomic E-state index is -1.19. The third kappa shape index (κ3) is 6.83. The van der Waals surface area contributed by atoms with Crippen LogP contribution in [0.2, 0.25) is 0 Å². The van der Waals surface area contributed by atoms with E-state index in [2.05, 4.69) is 17.6 Å². The molecular formula is C27H26N2O4S. The Labute approximate surface area is 203 Å². The number of thioether (sulfide) groups is 1. The van der Waals surface area contributed by atoms with Gasteiger partial charge in [-0.05, 0) is 54.3 Å². The summed E-state index contributed by atoms with van der Waals surface area (Å²) in [7, 11) is 0. The molecule has 0 radical (unpaired) electrons. The van der Waals surface area contributed by atoms with Gasteiger partial charge in [-0.25, -0.2) is 4.79 Å². The van der Waals surface area contributed by atoms with E-state index in [-0.39, 0.29) is 5.91 Å². The minimum Gasteiger partial charge on any atom is -0.478 e. The predicted molar refractivity (Wildman–Crippen MR) is 136 cm³/mol. The molecule has 6 nitrogen and oxygen atoms in total. The fourth-order valence-electron chi connectivity index (χ4n) is 3.38. The van der Waals surface area contributed by atoms with E-state index in [9.17, 15) is 14.4 Å². The lowest BCUT2D eigenvalue weighted by Gasteiger charge is -2.20. The van der Waals surface area contributed by atoms with Crippen molar-refractivity contribution in [2.45, 2.75) is 30.4 Å². The van der Waals surface area contributed by atoms with Crippen molar-refractivity contribution in [3.63, 3.8) is 0 Å². The maximum atomic E-state index is 13.4. The lowest BCUT2D eigenvalue weighted by molar-refractivity contribution is -0.131. The van der Waals surface area contributed by atoms with E-state index >= 15 is 0 Å². The van der Waals surface area contributed by atoms with Gasteiger partial charge in [0.1, 0.15) is 5.25 Å². The van der Waals surface area contributed by atoms with Gasteiger partial charge in [0.15, 0.2) is 0 Å². The first kappa shape index (κ1) is 24.8. The Morgan fingerprint density at radius 2 is 1.62 bits per heavy atom. The molecule has 0 saturated carbocycles. The molecule has 3 rings (SSSR count). The Bertz CT molecular complexity index is 1190. The van der Waals surface area contributed by atoms with E-state index < -0.39 is 17.1 Å². The summed E-state index contributed by atoms with van der Waals surface area (Å²) in [6.45, 7) is 4.05. The standard InChI is InChI=1S/C27H26N2O4S/c1-3-19-11-7-8-18(2)25(19)29-27(33)26(20-9-5-4-6-10-20)34-22-14-12-21(13-15-22)28-23(30)16-17-24(31)32/h4-17,26H,3H2,1-2H3,(H,28,30)(H,29,33)(H,31,32)/b17-16+. The summed E-state index contributed by atoms with van der Waals surface area (Å²) in [6, 6.07) is 22.6. The van der Waals surface area contributed by atoms with Gasteiger partial charge in [-0.1, -0.05) is 55.5 Å². The Morgan fingerprint density at radius 1 is 0.912 bits per heavy atom. The number of nitrogens with one attached hydrogen (secondary N) is 2. The van der Waals surface area contributed by atoms with E-state index in [0.717, 1.165) is 45.8 Å². The van der Waals surface area contributed by atoms with Crippen LogP contribution in [0.25, 0.3) is 0 Å². The van der Waals surface area contributed by atoms with Crippen molar-refractivity contribution in [1.82, 2.24) is 0 Å². The van der Waals surface area contributed by atoms with E-state index in [0.29, 0.717) is 5.69 Å². The van der Waals surface area contributed by atoms with Crippen LogP contribution in [0.1, 0.15) is 28.9 Å². The molecule has 0 aliphatic carbocycles. The topological polar surface area (TPSA) is 95.5 Å². The Hall–Kier alpha value is -3.84. The molecule has 0 aliphatic heterocycles. The molecule has 0 aliphatic rings. The minimum absolute atomic E-state index is 0.114. The van der Waals surface area contributed by atoms with Crippen molar-refractivity contribution >= 4 is 40.9 Å². The predicted octanol–water partition coefficient (Wildman–Crippen LogP) is 5.61. The van der Waals surface area contributed by atoms with Crippen LogP contribution in [0, 0.1) is 6.92 Å². The molecule has 3 aromatic carbocycles. The smallest absolute Gasteiger partial charge is 0.328 e. The first-order valence-corrected chi connectivity index (χ1v) is 11.7. The fourth-order valence-corrected chi connectivity index (χ4v) is 4.40. The molecule has 1 unspecified atom stereocenters. The second kappa shape index (κ2) is 11.9. The number of anilines is 2. The first-order chi connectivity index (χ1) is 16.4. The summed E-state index contributed by atoms with van der Waals surface area (Å²) in [4.78, 5) is 36.6. The number of para-hydroxylation sites is 1. The van der Waals surface area contributed by atoms with Crippen molar-refractivity contribution < 1.29 is 19.5 Å². The third-order valence-electron chi connectivity index (χ3n) is 5.08. The quantitative estimate of drug-likeness (QED) is 0.277. The zero-order valence-electron chi connectivity index (χ0n) is 18.9. The van der Waals surface area contributed by atoms with Crippen molar-refractivity contribution in [2.24, 2.45) is 0 Å². The molecule has 174 valence electrons. The van der Waals surface area contributed by atoms with Crippen LogP contribution in [0.5, 0.6) is 0 Å². The maximum absolute atomic E-state index is 13.4. The lowest BCUT2D eigenvalue weighted by atomic mass is 10.1. The number of carbonyl (C=O) groups is 3. The van der Waals surface area contributed by atoms with Crippen LogP contribution in [0.3, 0.4) is 0 Å². The number of hydrogen-bond donors (Lipinski definition) is 3. The zero-order valence-corrected chi connectivity index (χ0v) is 19.8. The molecule has 0 heterocycles. The van der Waals surface area contributed by atoms with Crippen molar-refractivity contribution in [3.8, 4) is 0 Å². The molecule has 0 fully saturated rings. The number of carboxylic acid groups (broad SMARTS) is 1. The number of rotatable bonds is 9. The second-order valence-corrected chi connectivity index (χ2v) is 8.72. The summed E-state index contributed by atoms with van der Waals surface area (Å²) in [6.07, 6.45) is 2.55. The SMILES string of the molecule is CCc1cccc(C)c1NC(=O)C(Sc1ccc(NC(=O)/C=C/C(=O)O)cc1)c1ccccc1. The summed E-state index contributed by atoms with van der Waals surface area (Å²) < 4.78 is 0. The summed E-state index contributed by atoms with van der Waals surface area (Å²) in [5.41, 5.74) is 4.36. The fraction of sp³-hybridized carbons (Fsp3) is 0.148. The van der Waals surface area contributed by atoms with Gasteiger partial charge in [-0.3, -0.25) is 9.59 Å². The number of amides is 2. The number of aliphatic carboxylic acids is 1. The normalized spacial score (nSPS) is 11.7. The molecule has 2 amide bonds. The average molecular weight is 475 g/mol. The molecule has 0 spiro atoms. The van der Waals surface area contributed by atoms with Crippen LogP contribution in [0.4, 0.5) is 11.4 Å². The van der Waals surface area contributed by atoms with E-state index in [1.807, 2.05) is 67.6 Å². The van der Waals surface area contributed by atoms with Gasteiger partial charge in [0.2, 0.25) is 11.8 Å². The number of hydrogen-bond acceptors (Lipinski definition) is 4. The summed E-state index contributed by atoms with van der Waals surface area (Å²) >= 11 is 1.41. The van der Waals surface area contributed by atoms with Crippen LogP contribution in [-0.4, -0.2) is 22.9 Å². The van der Waals surface area contributed by atoms with E-state index in [1.54, 1.807) is 12.1 Å². The van der Waals surface area contributed by atoms with Crippen LogP contribution >= 0.6 is 11.8 Å². The van der Waals surface area contributed by atoms with Gasteiger partial charge in [-0.2, -0.15) is 0 Å². The van der Waals surface area contributed by atoms with E-state index in [1.165, 1.54) is 11.8 Å². The molecular weight excluding hydrogens is 448 g/mol. The van der Waals surface area contributed by atoms with Gasteiger partial charge in [0.25, 0.3) is 0 Å². The lowest BCUT2D eigenvalue weighted by Crippen LogP contribution is -2.20. The van der Waals surface area contributed by atoms with Gasteiger partial charge in [0.05, 0.1) is 0 Å². The molecule has 0 saturated heterocycles. The Kier molecular flexibility index (Phi) is 8.65. The van der Waals surface area contributed by atoms with Crippen LogP contribution in [-0.2, 0) is 20.8 Å². The molecule has 3 N–H and O–H groups in total. The molecule has 0 bridgehead atoms. The summed E-state index contributed by atoms with van der Waals surface area (Å²) in [5.74, 6) is -1.84. The third-order valence-corrected chi connectivity index (χ3v) is 6.35. The van der Waals surface area contributed by atoms with Crippen molar-refractivity contribution in [1.29, 1.82) is 0 Å². The van der Waals surface area contributed by atoms with Crippen molar-refractivity contribution in [3.05, 3.63) is 102 Å². The van der Waals surface area contributed by atoms with Crippen molar-refractivity contribution in [2.75, 3.05) is 10.6 Å². The maximum Gasteiger partial charge on any atom is 0.328 e. The van der Waals surface area contributed by atoms with Crippen LogP contribution < -0.4 is 10.6 Å².